The zero-order valence-corrected chi connectivity index (χ0v) is 62.5. The van der Waals surface area contributed by atoms with Crippen molar-refractivity contribution in [3.05, 3.63) is 203 Å². The van der Waals surface area contributed by atoms with Crippen LogP contribution in [-0.4, -0.2) is 269 Å². The number of aromatic carboxylic acids is 19. The van der Waals surface area contributed by atoms with E-state index in [1.54, 1.807) is 0 Å². The van der Waals surface area contributed by atoms with Crippen LogP contribution in [0.4, 0.5) is 0 Å². The van der Waals surface area contributed by atoms with Crippen LogP contribution in [0.25, 0.3) is 10.8 Å². The van der Waals surface area contributed by atoms with E-state index in [0.717, 1.165) is 72.8 Å². The molecule has 0 fully saturated rings. The van der Waals surface area contributed by atoms with Gasteiger partial charge in [-0.05, 0) is 72.8 Å². The summed E-state index contributed by atoms with van der Waals surface area (Å²) in [6.45, 7) is -0.975. The minimum absolute atomic E-state index is 0.0148. The summed E-state index contributed by atoms with van der Waals surface area (Å²) in [6, 6.07) is 15.8. The molecular formula is C74H44O56. The first-order valence-corrected chi connectivity index (χ1v) is 32.0. The zero-order chi connectivity index (χ0) is 99.3. The van der Waals surface area contributed by atoms with Gasteiger partial charge in [0.25, 0.3) is 58.2 Å². The summed E-state index contributed by atoms with van der Waals surface area (Å²) >= 11 is 0. The van der Waals surface area contributed by atoms with Gasteiger partial charge in [-0.2, -0.15) is 0 Å². The summed E-state index contributed by atoms with van der Waals surface area (Å²) in [4.78, 5) is 301. The maximum atomic E-state index is 11.3. The van der Waals surface area contributed by atoms with E-state index in [-0.39, 0.29) is 113 Å². The summed E-state index contributed by atoms with van der Waals surface area (Å²) < 4.78 is 39.7. The second-order valence-corrected chi connectivity index (χ2v) is 21.9. The molecule has 0 heterocycles. The topological polar surface area (TPSA) is 945 Å². The Morgan fingerprint density at radius 1 is 0.177 bits per heavy atom. The van der Waals surface area contributed by atoms with E-state index in [9.17, 15) is 144 Å². The minimum atomic E-state index is -2.12. The molecule has 0 spiro atoms. The Balaban J connectivity index is 0.000000517. The number of carbonyl (C=O) groups excluding carboxylic acids is 9. The van der Waals surface area contributed by atoms with E-state index >= 15 is 0 Å². The van der Waals surface area contributed by atoms with Crippen molar-refractivity contribution in [1.29, 1.82) is 0 Å². The molecule has 0 bridgehead atoms. The number of carbonyl (C=O) groups is 28. The van der Waals surface area contributed by atoms with Gasteiger partial charge >= 0.3 is 113 Å². The van der Waals surface area contributed by atoms with Gasteiger partial charge in [-0.25, -0.2) is 91.1 Å². The first kappa shape index (κ1) is 105. The highest BCUT2D eigenvalue weighted by atomic mass is 16.6. The molecule has 0 amide bonds. The number of ether oxygens (including phenoxy) is 9. The van der Waals surface area contributed by atoms with Crippen molar-refractivity contribution < 1.29 is 274 Å². The number of rotatable bonds is 37. The molecule has 676 valence electrons. The number of carboxylic acids is 19. The van der Waals surface area contributed by atoms with E-state index in [1.165, 1.54) is 18.2 Å². The van der Waals surface area contributed by atoms with Gasteiger partial charge in [0.05, 0.1) is 89.0 Å². The zero-order valence-electron chi connectivity index (χ0n) is 62.5. The van der Waals surface area contributed by atoms with Crippen molar-refractivity contribution in [2.24, 2.45) is 0 Å². The molecular weight excluding hydrogens is 1780 g/mol. The number of hydrogen-bond donors (Lipinski definition) is 19. The van der Waals surface area contributed by atoms with Crippen LogP contribution in [0.5, 0.6) is 51.7 Å². The molecule has 0 aromatic heterocycles. The second-order valence-electron chi connectivity index (χ2n) is 21.9. The fraction of sp³-hybridized carbons (Fsp3) is 0. The van der Waals surface area contributed by atoms with Gasteiger partial charge in [0, 0.05) is 29.0 Å². The number of benzene rings is 8. The van der Waals surface area contributed by atoms with E-state index in [0.29, 0.717) is 6.07 Å². The average Bonchev–Trinajstić information content (AvgIpc) is 0.742. The van der Waals surface area contributed by atoms with Crippen LogP contribution in [0.2, 0.25) is 0 Å². The third-order valence-corrected chi connectivity index (χ3v) is 14.7. The predicted molar refractivity (Wildman–Crippen MR) is 395 cm³/mol. The maximum absolute atomic E-state index is 11.3. The molecule has 8 aromatic carbocycles. The van der Waals surface area contributed by atoms with E-state index in [4.69, 9.17) is 96.3 Å². The molecule has 0 aliphatic carbocycles. The molecule has 56 nitrogen and oxygen atoms in total. The Kier molecular flexibility index (Phi) is 39.2. The molecule has 0 atom stereocenters. The molecule has 0 aliphatic rings. The molecule has 0 radical (unpaired) electrons. The molecule has 56 heteroatoms. The normalized spacial score (nSPS) is 9.60. The first-order valence-electron chi connectivity index (χ1n) is 32.0. The largest absolute Gasteiger partial charge is 0.478 e. The first-order chi connectivity index (χ1) is 61.0. The number of hydrogen-bond acceptors (Lipinski definition) is 37. The lowest BCUT2D eigenvalue weighted by Crippen LogP contribution is -2.22. The Labute approximate surface area is 708 Å². The lowest BCUT2D eigenvalue weighted by molar-refractivity contribution is -0.123. The van der Waals surface area contributed by atoms with Gasteiger partial charge in [-0.15, -0.1) is 0 Å². The smallest absolute Gasteiger partial charge is 0.340 e. The van der Waals surface area contributed by atoms with Crippen LogP contribution in [0, 0.1) is 0 Å². The fourth-order valence-corrected chi connectivity index (χ4v) is 9.84. The van der Waals surface area contributed by atoms with Crippen LogP contribution in [0.15, 0.2) is 97.1 Å². The molecule has 8 rings (SSSR count). The fourth-order valence-electron chi connectivity index (χ4n) is 9.84. The summed E-state index contributed by atoms with van der Waals surface area (Å²) in [6.07, 6.45) is 0. The van der Waals surface area contributed by atoms with Crippen molar-refractivity contribution in [1.82, 2.24) is 0 Å². The Hall–Kier alpha value is -20.8. The van der Waals surface area contributed by atoms with Crippen molar-refractivity contribution in [2.75, 3.05) is 0 Å². The number of carboxylic acid groups (broad SMARTS) is 19. The van der Waals surface area contributed by atoms with Crippen LogP contribution in [-0.2, 0) is 43.2 Å². The van der Waals surface area contributed by atoms with Crippen LogP contribution < -0.4 is 42.6 Å². The summed E-state index contributed by atoms with van der Waals surface area (Å²) in [5, 5.41) is 168. The van der Waals surface area contributed by atoms with E-state index in [1.807, 2.05) is 0 Å². The molecule has 130 heavy (non-hydrogen) atoms. The van der Waals surface area contributed by atoms with Crippen molar-refractivity contribution in [2.45, 2.75) is 0 Å². The van der Waals surface area contributed by atoms with Crippen molar-refractivity contribution in [3.8, 4) is 51.7 Å². The molecule has 0 saturated carbocycles. The van der Waals surface area contributed by atoms with Crippen LogP contribution >= 0.6 is 0 Å². The van der Waals surface area contributed by atoms with Gasteiger partial charge in [0.15, 0.2) is 34.5 Å². The van der Waals surface area contributed by atoms with E-state index < -0.39 is 227 Å². The van der Waals surface area contributed by atoms with Crippen LogP contribution in [0.3, 0.4) is 0 Å². The highest BCUT2D eigenvalue weighted by Crippen LogP contribution is 2.43. The lowest BCUT2D eigenvalue weighted by atomic mass is 9.93. The van der Waals surface area contributed by atoms with Crippen molar-refractivity contribution in [3.63, 3.8) is 0 Å². The standard InChI is InChI=1S/C14H8O8.C12H6O12.C11H6O10.C10H6O8.3C9H6O6/c15-5-21-9-3-4-10(22-6-16)12-8(14(19)20)2-1-7(11(9)12)13(17)18;13-1-23-7-5(11(19)20)3(9(15)16)4(10(17)18)6(12(21)22)8(7)24-2-14;12-2-20-5-1-4(9(14)15)6(10(16)17)7(11(18)19)8(5)21-3-13;11-3-17-7-1-5(9(13)14)6(10(15)16)2-8(7)18-4-12;10-4-15-7-2-5(8(11)12)1-6(3-7)9(13)14;10-7(11)4-1-2-5(8(12)13)6(3-4)9(14)15;10-7(11)4-2-1-3-5(8(12)13)6(4)9(14)15/h1-6H,(H,17,18)(H,19,20);1-2H,(H,15,16)(H,17,18)(H,19,20)(H,21,22);1-3H,(H,14,15)(H,16,17)(H,18,19);1-4H,(H,13,14)(H,15,16);1-4H,(H,11,12)(H,13,14);2*1-3H,(H,10,11)(H,12,13)(H,14,15). The van der Waals surface area contributed by atoms with Gasteiger partial charge in [-0.1, -0.05) is 6.07 Å². The molecule has 0 aliphatic heterocycles. The van der Waals surface area contributed by atoms with E-state index in [2.05, 4.69) is 33.2 Å². The lowest BCUT2D eigenvalue weighted by Gasteiger charge is -2.16. The quantitative estimate of drug-likeness (QED) is 0.0249. The third-order valence-electron chi connectivity index (χ3n) is 14.7. The summed E-state index contributed by atoms with van der Waals surface area (Å²) in [7, 11) is 0. The highest BCUT2D eigenvalue weighted by molar-refractivity contribution is 6.19. The van der Waals surface area contributed by atoms with Crippen LogP contribution in [0.1, 0.15) is 197 Å². The monoisotopic (exact) mass is 1830 g/mol. The Bertz CT molecular complexity index is 5820. The van der Waals surface area contributed by atoms with Gasteiger partial charge in [0.2, 0.25) is 0 Å². The van der Waals surface area contributed by atoms with Crippen molar-refractivity contribution >= 4 is 182 Å². The van der Waals surface area contributed by atoms with Gasteiger partial charge in [-0.3, -0.25) is 43.2 Å². The van der Waals surface area contributed by atoms with Gasteiger partial charge < -0.3 is 140 Å². The molecule has 19 N–H and O–H groups in total. The predicted octanol–water partition coefficient (Wildman–Crippen LogP) is 3.04. The molecule has 8 aromatic rings. The Morgan fingerprint density at radius 3 is 0.723 bits per heavy atom. The highest BCUT2D eigenvalue weighted by Gasteiger charge is 2.39. The molecule has 0 saturated heterocycles. The summed E-state index contributed by atoms with van der Waals surface area (Å²) in [5.74, 6) is -36.3. The molecule has 0 unspecified atom stereocenters. The minimum Gasteiger partial charge on any atom is -0.478 e. The summed E-state index contributed by atoms with van der Waals surface area (Å²) in [5.41, 5.74) is -14.2. The Morgan fingerprint density at radius 2 is 0.438 bits per heavy atom. The SMILES string of the molecule is O=C(O)c1ccc(C(=O)O)c(C(=O)O)c1.O=C(O)c1cccc(C(=O)O)c1C(=O)O.O=COc1c(OC=O)c(C(=O)O)c(C(=O)O)c(C(=O)O)c1C(=O)O.O=COc1cc(C(=O)O)c(C(=O)O)c(C(=O)O)c1OC=O.O=COc1cc(C(=O)O)c(C(=O)O)cc1OC=O.O=COc1cc(C(=O)O)cc(C(=O)O)c1.O=COc1ccc(OC=O)c2c(C(=O)O)ccc(C(=O)O)c12. The van der Waals surface area contributed by atoms with Gasteiger partial charge in [0.1, 0.15) is 33.9 Å². The average molecular weight is 1830 g/mol. The maximum Gasteiger partial charge on any atom is 0.340 e. The second kappa shape index (κ2) is 48.4. The third kappa shape index (κ3) is 27.1. The number of fused-ring (bicyclic) bond motifs is 1.